The molecule has 2 aromatic heterocycles. The van der Waals surface area contributed by atoms with E-state index in [1.54, 1.807) is 36.9 Å². The molecule has 0 bridgehead atoms. The lowest BCUT2D eigenvalue weighted by molar-refractivity contribution is -0.129. The molecule has 6 heteroatoms. The molecule has 1 N–H and O–H groups in total. The lowest BCUT2D eigenvalue weighted by Crippen LogP contribution is -2.37. The van der Waals surface area contributed by atoms with Crippen molar-refractivity contribution >= 4 is 23.0 Å². The number of hydrogen-bond donors (Lipinski definition) is 1. The van der Waals surface area contributed by atoms with Gasteiger partial charge in [-0.1, -0.05) is 30.3 Å². The molecule has 0 unspecified atom stereocenters. The Morgan fingerprint density at radius 1 is 1.24 bits per heavy atom. The third-order valence-electron chi connectivity index (χ3n) is 4.08. The highest BCUT2D eigenvalue weighted by Crippen LogP contribution is 2.20. The first kappa shape index (κ1) is 16.8. The van der Waals surface area contributed by atoms with Crippen molar-refractivity contribution in [1.29, 1.82) is 0 Å². The van der Waals surface area contributed by atoms with E-state index in [-0.39, 0.29) is 5.91 Å². The molecule has 0 aliphatic carbocycles. The van der Waals surface area contributed by atoms with Crippen molar-refractivity contribution in [2.45, 2.75) is 19.4 Å². The molecule has 0 aliphatic heterocycles. The fourth-order valence-electron chi connectivity index (χ4n) is 2.64. The minimum atomic E-state index is -0.871. The van der Waals surface area contributed by atoms with Crippen LogP contribution in [0, 0.1) is 0 Å². The van der Waals surface area contributed by atoms with Crippen LogP contribution in [0.15, 0.2) is 53.1 Å². The average Bonchev–Trinajstić information content (AvgIpc) is 3.19. The molecule has 0 aliphatic rings. The number of aromatic nitrogens is 1. The van der Waals surface area contributed by atoms with Gasteiger partial charge in [-0.2, -0.15) is 0 Å². The Hall–Kier alpha value is -3.02. The lowest BCUT2D eigenvalue weighted by Gasteiger charge is -2.13. The van der Waals surface area contributed by atoms with E-state index in [9.17, 15) is 9.59 Å². The zero-order valence-corrected chi connectivity index (χ0v) is 14.2. The van der Waals surface area contributed by atoms with Crippen molar-refractivity contribution in [3.05, 3.63) is 60.0 Å². The Labute approximate surface area is 145 Å². The molecular formula is C19H20N2O4. The first-order valence-electron chi connectivity index (χ1n) is 8.12. The van der Waals surface area contributed by atoms with Crippen LogP contribution in [0.3, 0.4) is 0 Å². The number of ether oxygens (including phenoxy) is 1. The average molecular weight is 340 g/mol. The number of furan rings is 1. The molecule has 0 spiro atoms. The molecule has 6 nitrogen and oxygen atoms in total. The highest BCUT2D eigenvalue weighted by molar-refractivity contribution is 5.95. The van der Waals surface area contributed by atoms with E-state index >= 15 is 0 Å². The number of nitrogens with one attached hydrogen (secondary N) is 1. The molecule has 2 heterocycles. The van der Waals surface area contributed by atoms with Crippen molar-refractivity contribution in [3.8, 4) is 0 Å². The van der Waals surface area contributed by atoms with Crippen molar-refractivity contribution in [2.75, 3.05) is 6.54 Å². The number of amides is 1. The van der Waals surface area contributed by atoms with Crippen LogP contribution in [0.1, 0.15) is 23.0 Å². The second-order valence-electron chi connectivity index (χ2n) is 5.83. The number of benzene rings is 1. The van der Waals surface area contributed by atoms with Crippen LogP contribution in [0.25, 0.3) is 11.1 Å². The number of hydrogen-bond acceptors (Lipinski definition) is 4. The van der Waals surface area contributed by atoms with Gasteiger partial charge in [-0.05, 0) is 18.9 Å². The molecule has 1 aromatic carbocycles. The van der Waals surface area contributed by atoms with Crippen LogP contribution in [-0.2, 0) is 23.0 Å². The summed E-state index contributed by atoms with van der Waals surface area (Å²) >= 11 is 0. The number of nitrogens with zero attached hydrogens (tertiary/aromatic N) is 1. The maximum absolute atomic E-state index is 12.3. The van der Waals surface area contributed by atoms with Crippen LogP contribution in [0.2, 0.25) is 0 Å². The summed E-state index contributed by atoms with van der Waals surface area (Å²) < 4.78 is 12.2. The van der Waals surface area contributed by atoms with E-state index in [2.05, 4.69) is 5.32 Å². The summed E-state index contributed by atoms with van der Waals surface area (Å²) in [6.45, 7) is 2.05. The molecule has 0 radical (unpaired) electrons. The Kier molecular flexibility index (Phi) is 4.88. The third kappa shape index (κ3) is 3.74. The largest absolute Gasteiger partial charge is 0.463 e. The number of carbonyl (C=O) groups excluding carboxylic acids is 2. The smallest absolute Gasteiger partial charge is 0.355 e. The van der Waals surface area contributed by atoms with Crippen LogP contribution in [0.5, 0.6) is 0 Å². The van der Waals surface area contributed by atoms with Gasteiger partial charge in [-0.25, -0.2) is 4.79 Å². The number of aryl methyl sites for hydroxylation is 1. The molecule has 1 atom stereocenters. The van der Waals surface area contributed by atoms with E-state index < -0.39 is 12.1 Å². The first-order chi connectivity index (χ1) is 12.1. The maximum atomic E-state index is 12.3. The van der Waals surface area contributed by atoms with Gasteiger partial charge in [0, 0.05) is 25.7 Å². The fraction of sp³-hybridized carbons (Fsp3) is 0.263. The van der Waals surface area contributed by atoms with Crippen molar-refractivity contribution in [1.82, 2.24) is 9.88 Å². The Morgan fingerprint density at radius 3 is 2.72 bits per heavy atom. The van der Waals surface area contributed by atoms with Crippen molar-refractivity contribution in [2.24, 2.45) is 7.05 Å². The van der Waals surface area contributed by atoms with Gasteiger partial charge in [0.25, 0.3) is 5.91 Å². The quantitative estimate of drug-likeness (QED) is 0.700. The standard InChI is InChI=1S/C19H20N2O4/c1-13(18(22)20-10-8-14-6-4-3-5-7-14)25-19(23)16-12-17-15(21(16)2)9-11-24-17/h3-7,9,11-13H,8,10H2,1-2H3,(H,20,22)/t13-/m0/s1. The van der Waals surface area contributed by atoms with Gasteiger partial charge >= 0.3 is 5.97 Å². The lowest BCUT2D eigenvalue weighted by atomic mass is 10.1. The van der Waals surface area contributed by atoms with Crippen molar-refractivity contribution < 1.29 is 18.7 Å². The minimum Gasteiger partial charge on any atom is -0.463 e. The molecule has 3 rings (SSSR count). The van der Waals surface area contributed by atoms with Crippen LogP contribution < -0.4 is 5.32 Å². The van der Waals surface area contributed by atoms with E-state index in [0.717, 1.165) is 17.5 Å². The second kappa shape index (κ2) is 7.25. The Morgan fingerprint density at radius 2 is 2.00 bits per heavy atom. The monoisotopic (exact) mass is 340 g/mol. The summed E-state index contributed by atoms with van der Waals surface area (Å²) in [6.07, 6.45) is 1.41. The molecule has 0 saturated carbocycles. The summed E-state index contributed by atoms with van der Waals surface area (Å²) in [7, 11) is 1.75. The number of fused-ring (bicyclic) bond motifs is 1. The molecule has 25 heavy (non-hydrogen) atoms. The number of carbonyl (C=O) groups is 2. The third-order valence-corrected chi connectivity index (χ3v) is 4.08. The summed E-state index contributed by atoms with van der Waals surface area (Å²) in [5.41, 5.74) is 2.89. The summed E-state index contributed by atoms with van der Waals surface area (Å²) in [5, 5.41) is 2.78. The normalized spacial score (nSPS) is 12.1. The fourth-order valence-corrected chi connectivity index (χ4v) is 2.64. The van der Waals surface area contributed by atoms with Gasteiger partial charge in [0.2, 0.25) is 0 Å². The van der Waals surface area contributed by atoms with Crippen molar-refractivity contribution in [3.63, 3.8) is 0 Å². The summed E-state index contributed by atoms with van der Waals surface area (Å²) in [6, 6.07) is 13.2. The highest BCUT2D eigenvalue weighted by atomic mass is 16.5. The van der Waals surface area contributed by atoms with E-state index in [4.69, 9.17) is 9.15 Å². The van der Waals surface area contributed by atoms with Crippen LogP contribution in [-0.4, -0.2) is 29.1 Å². The van der Waals surface area contributed by atoms with Gasteiger partial charge < -0.3 is 19.0 Å². The van der Waals surface area contributed by atoms with Gasteiger partial charge in [0.05, 0.1) is 11.8 Å². The summed E-state index contributed by atoms with van der Waals surface area (Å²) in [4.78, 5) is 24.4. The second-order valence-corrected chi connectivity index (χ2v) is 5.83. The predicted molar refractivity (Wildman–Crippen MR) is 93.2 cm³/mol. The van der Waals surface area contributed by atoms with Gasteiger partial charge in [-0.15, -0.1) is 0 Å². The van der Waals surface area contributed by atoms with E-state index in [1.807, 2.05) is 30.3 Å². The minimum absolute atomic E-state index is 0.317. The highest BCUT2D eigenvalue weighted by Gasteiger charge is 2.22. The van der Waals surface area contributed by atoms with Crippen LogP contribution in [0.4, 0.5) is 0 Å². The summed E-state index contributed by atoms with van der Waals surface area (Å²) in [5.74, 6) is -0.873. The zero-order valence-electron chi connectivity index (χ0n) is 14.2. The topological polar surface area (TPSA) is 73.5 Å². The van der Waals surface area contributed by atoms with Crippen LogP contribution >= 0.6 is 0 Å². The maximum Gasteiger partial charge on any atom is 0.355 e. The molecule has 0 fully saturated rings. The molecule has 130 valence electrons. The van der Waals surface area contributed by atoms with Gasteiger partial charge in [0.15, 0.2) is 11.7 Å². The zero-order chi connectivity index (χ0) is 17.8. The molecule has 0 saturated heterocycles. The Balaban J connectivity index is 1.53. The SMILES string of the molecule is C[C@H](OC(=O)c1cc2occc2n1C)C(=O)NCCc1ccccc1. The van der Waals surface area contributed by atoms with E-state index in [0.29, 0.717) is 17.8 Å². The Bertz CT molecular complexity index is 879. The van der Waals surface area contributed by atoms with E-state index in [1.165, 1.54) is 0 Å². The molecular weight excluding hydrogens is 320 g/mol. The number of esters is 1. The predicted octanol–water partition coefficient (Wildman–Crippen LogP) is 2.68. The first-order valence-corrected chi connectivity index (χ1v) is 8.12. The molecule has 1 amide bonds. The number of rotatable bonds is 6. The molecule has 3 aromatic rings. The van der Waals surface area contributed by atoms with Gasteiger partial charge in [0.1, 0.15) is 5.69 Å². The van der Waals surface area contributed by atoms with Gasteiger partial charge in [-0.3, -0.25) is 4.79 Å².